The van der Waals surface area contributed by atoms with E-state index in [2.05, 4.69) is 0 Å². The second-order valence-corrected chi connectivity index (χ2v) is 0.760. The Bertz CT molecular complexity index is 12.4. The third-order valence-electron chi connectivity index (χ3n) is 0.333. The fraction of sp³-hybridized carbons (Fsp3) is 0.667. The van der Waals surface area contributed by atoms with Crippen LogP contribution in [0.2, 0.25) is 0 Å². The summed E-state index contributed by atoms with van der Waals surface area (Å²) in [5.41, 5.74) is 10.0. The first-order valence-electron chi connectivity index (χ1n) is 1.63. The molecule has 2 heteroatoms. The van der Waals surface area contributed by atoms with Crippen LogP contribution in [0.3, 0.4) is 0 Å². The highest BCUT2D eigenvalue weighted by atomic mass is 14.6. The van der Waals surface area contributed by atoms with Crippen LogP contribution in [-0.4, -0.2) is 13.1 Å². The SMILES string of the molecule is NC[CH]CN. The molecule has 0 unspecified atom stereocenters. The molecule has 0 aromatic heterocycles. The van der Waals surface area contributed by atoms with Crippen molar-refractivity contribution in [3.63, 3.8) is 0 Å². The second-order valence-electron chi connectivity index (χ2n) is 0.760. The molecule has 0 saturated heterocycles. The van der Waals surface area contributed by atoms with Gasteiger partial charge in [0.2, 0.25) is 0 Å². The Hall–Kier alpha value is -0.0800. The molecule has 5 heavy (non-hydrogen) atoms. The zero-order valence-electron chi connectivity index (χ0n) is 3.15. The van der Waals surface area contributed by atoms with E-state index in [4.69, 9.17) is 11.5 Å². The minimum absolute atomic E-state index is 0.594. The molecule has 0 heterocycles. The van der Waals surface area contributed by atoms with Gasteiger partial charge in [0, 0.05) is 0 Å². The summed E-state index contributed by atoms with van der Waals surface area (Å²) in [4.78, 5) is 0. The van der Waals surface area contributed by atoms with Gasteiger partial charge in [-0.15, -0.1) is 0 Å². The largest absolute Gasteiger partial charge is 0.330 e. The molecule has 1 radical (unpaired) electrons. The van der Waals surface area contributed by atoms with Crippen LogP contribution in [-0.2, 0) is 0 Å². The van der Waals surface area contributed by atoms with Crippen LogP contribution in [0, 0.1) is 6.42 Å². The minimum atomic E-state index is 0.594. The lowest BCUT2D eigenvalue weighted by atomic mass is 10.4. The highest BCUT2D eigenvalue weighted by molar-refractivity contribution is 4.63. The average molecular weight is 73.1 g/mol. The minimum Gasteiger partial charge on any atom is -0.330 e. The molecule has 0 aromatic carbocycles. The van der Waals surface area contributed by atoms with Crippen molar-refractivity contribution in [2.75, 3.05) is 13.1 Å². The first-order chi connectivity index (χ1) is 2.41. The van der Waals surface area contributed by atoms with E-state index >= 15 is 0 Å². The second kappa shape index (κ2) is 3.92. The molecule has 0 bridgehead atoms. The smallest absolute Gasteiger partial charge is 0.00332 e. The van der Waals surface area contributed by atoms with Gasteiger partial charge in [0.1, 0.15) is 0 Å². The van der Waals surface area contributed by atoms with E-state index in [1.165, 1.54) is 0 Å². The summed E-state index contributed by atoms with van der Waals surface area (Å²) in [5.74, 6) is 0. The quantitative estimate of drug-likeness (QED) is 0.445. The summed E-state index contributed by atoms with van der Waals surface area (Å²) in [6, 6.07) is 0. The van der Waals surface area contributed by atoms with Gasteiger partial charge in [-0.3, -0.25) is 0 Å². The van der Waals surface area contributed by atoms with Crippen LogP contribution < -0.4 is 11.5 Å². The van der Waals surface area contributed by atoms with Crippen LogP contribution >= 0.6 is 0 Å². The van der Waals surface area contributed by atoms with E-state index in [1.807, 2.05) is 0 Å². The Kier molecular flexibility index (Phi) is 3.86. The Morgan fingerprint density at radius 1 is 1.20 bits per heavy atom. The summed E-state index contributed by atoms with van der Waals surface area (Å²) in [6.45, 7) is 1.19. The lowest BCUT2D eigenvalue weighted by molar-refractivity contribution is 1.03. The molecule has 0 spiro atoms. The number of rotatable bonds is 2. The van der Waals surface area contributed by atoms with Crippen molar-refractivity contribution < 1.29 is 0 Å². The molecule has 4 N–H and O–H groups in total. The third-order valence-corrected chi connectivity index (χ3v) is 0.333. The molecule has 0 aliphatic carbocycles. The summed E-state index contributed by atoms with van der Waals surface area (Å²) in [6.07, 6.45) is 1.81. The Morgan fingerprint density at radius 3 is 1.60 bits per heavy atom. The Balaban J connectivity index is 2.19. The third kappa shape index (κ3) is 3.92. The summed E-state index contributed by atoms with van der Waals surface area (Å²) in [7, 11) is 0. The van der Waals surface area contributed by atoms with Crippen LogP contribution in [0.15, 0.2) is 0 Å². The van der Waals surface area contributed by atoms with Gasteiger partial charge in [0.05, 0.1) is 0 Å². The topological polar surface area (TPSA) is 52.0 Å². The number of nitrogens with two attached hydrogens (primary N) is 2. The lowest BCUT2D eigenvalue weighted by Crippen LogP contribution is -2.08. The summed E-state index contributed by atoms with van der Waals surface area (Å²) in [5, 5.41) is 0. The van der Waals surface area contributed by atoms with Gasteiger partial charge in [-0.2, -0.15) is 0 Å². The Labute approximate surface area is 32.1 Å². The highest BCUT2D eigenvalue weighted by Crippen LogP contribution is 1.55. The van der Waals surface area contributed by atoms with Gasteiger partial charge in [-0.1, -0.05) is 0 Å². The maximum Gasteiger partial charge on any atom is -0.00332 e. The van der Waals surface area contributed by atoms with E-state index in [0.717, 1.165) is 0 Å². The van der Waals surface area contributed by atoms with E-state index in [1.54, 1.807) is 6.42 Å². The van der Waals surface area contributed by atoms with Crippen LogP contribution in [0.4, 0.5) is 0 Å². The summed E-state index contributed by atoms with van der Waals surface area (Å²) < 4.78 is 0. The molecule has 31 valence electrons. The molecular weight excluding hydrogens is 64.0 g/mol. The molecule has 0 amide bonds. The van der Waals surface area contributed by atoms with Crippen LogP contribution in [0.25, 0.3) is 0 Å². The van der Waals surface area contributed by atoms with Gasteiger partial charge >= 0.3 is 0 Å². The predicted octanol–water partition coefficient (Wildman–Crippen LogP) is -0.892. The molecule has 0 rings (SSSR count). The molecule has 0 fully saturated rings. The summed E-state index contributed by atoms with van der Waals surface area (Å²) >= 11 is 0. The standard InChI is InChI=1S/C3H9N2/c4-2-1-3-5/h1H,2-5H2. The fourth-order valence-corrected chi connectivity index (χ4v) is 0.0962. The van der Waals surface area contributed by atoms with Crippen molar-refractivity contribution >= 4 is 0 Å². The molecule has 2 nitrogen and oxygen atoms in total. The molecular formula is C3H9N2. The van der Waals surface area contributed by atoms with Gasteiger partial charge in [0.15, 0.2) is 0 Å². The van der Waals surface area contributed by atoms with Crippen molar-refractivity contribution in [2.45, 2.75) is 0 Å². The maximum atomic E-state index is 5.00. The maximum absolute atomic E-state index is 5.00. The van der Waals surface area contributed by atoms with Gasteiger partial charge in [-0.25, -0.2) is 0 Å². The molecule has 0 saturated carbocycles. The normalized spacial score (nSPS) is 8.40. The lowest BCUT2D eigenvalue weighted by Gasteiger charge is -1.80. The first kappa shape index (κ1) is 4.92. The van der Waals surface area contributed by atoms with E-state index in [0.29, 0.717) is 13.1 Å². The van der Waals surface area contributed by atoms with Crippen LogP contribution in [0.1, 0.15) is 0 Å². The monoisotopic (exact) mass is 73.1 g/mol. The first-order valence-corrected chi connectivity index (χ1v) is 1.63. The van der Waals surface area contributed by atoms with Gasteiger partial charge in [0.25, 0.3) is 0 Å². The molecule has 0 aliphatic heterocycles. The van der Waals surface area contributed by atoms with E-state index in [-0.39, 0.29) is 0 Å². The van der Waals surface area contributed by atoms with Crippen molar-refractivity contribution in [1.29, 1.82) is 0 Å². The molecule has 0 aliphatic rings. The number of hydrogen-bond acceptors (Lipinski definition) is 2. The zero-order valence-corrected chi connectivity index (χ0v) is 3.15. The van der Waals surface area contributed by atoms with E-state index in [9.17, 15) is 0 Å². The van der Waals surface area contributed by atoms with Crippen molar-refractivity contribution in [3.8, 4) is 0 Å². The average Bonchev–Trinajstić information content (AvgIpc) is 1.41. The number of hydrogen-bond donors (Lipinski definition) is 2. The van der Waals surface area contributed by atoms with E-state index < -0.39 is 0 Å². The predicted molar refractivity (Wildman–Crippen MR) is 22.4 cm³/mol. The zero-order chi connectivity index (χ0) is 4.12. The van der Waals surface area contributed by atoms with Gasteiger partial charge < -0.3 is 11.5 Å². The van der Waals surface area contributed by atoms with Crippen molar-refractivity contribution in [3.05, 3.63) is 6.42 Å². The molecule has 0 aromatic rings. The van der Waals surface area contributed by atoms with Crippen molar-refractivity contribution in [2.24, 2.45) is 11.5 Å². The van der Waals surface area contributed by atoms with Crippen molar-refractivity contribution in [1.82, 2.24) is 0 Å². The van der Waals surface area contributed by atoms with Gasteiger partial charge in [-0.05, 0) is 19.5 Å². The highest BCUT2D eigenvalue weighted by Gasteiger charge is 1.68. The van der Waals surface area contributed by atoms with Crippen LogP contribution in [0.5, 0.6) is 0 Å². The fourth-order valence-electron chi connectivity index (χ4n) is 0.0962. The molecule has 0 atom stereocenters. The Morgan fingerprint density at radius 2 is 1.60 bits per heavy atom.